The third-order valence-corrected chi connectivity index (χ3v) is 3.93. The Balaban J connectivity index is 2.11. The fraction of sp³-hybridized carbons (Fsp3) is 0.733. The van der Waals surface area contributed by atoms with Gasteiger partial charge in [0, 0.05) is 46.0 Å². The fourth-order valence-electron chi connectivity index (χ4n) is 2.70. The van der Waals surface area contributed by atoms with Gasteiger partial charge in [-0.15, -0.1) is 0 Å². The number of nitrogens with zero attached hydrogens (tertiary/aromatic N) is 5. The summed E-state index contributed by atoms with van der Waals surface area (Å²) in [4.78, 5) is 15.9. The molecule has 0 aromatic carbocycles. The van der Waals surface area contributed by atoms with E-state index in [9.17, 15) is 0 Å². The second-order valence-corrected chi connectivity index (χ2v) is 6.06. The summed E-state index contributed by atoms with van der Waals surface area (Å²) >= 11 is 0. The smallest absolute Gasteiger partial charge is 0.227 e. The molecule has 1 saturated heterocycles. The normalized spacial score (nSPS) is 19.4. The Hall–Kier alpha value is -1.36. The first-order valence-electron chi connectivity index (χ1n) is 7.44. The molecular weight excluding hydrogens is 250 g/mol. The van der Waals surface area contributed by atoms with Crippen molar-refractivity contribution in [2.45, 2.75) is 19.8 Å². The van der Waals surface area contributed by atoms with Gasteiger partial charge in [0.1, 0.15) is 5.82 Å². The van der Waals surface area contributed by atoms with Gasteiger partial charge in [0.25, 0.3) is 0 Å². The molecule has 1 aliphatic rings. The van der Waals surface area contributed by atoms with Crippen LogP contribution in [0.2, 0.25) is 0 Å². The highest BCUT2D eigenvalue weighted by Gasteiger charge is 2.21. The van der Waals surface area contributed by atoms with Gasteiger partial charge in [0.15, 0.2) is 0 Å². The van der Waals surface area contributed by atoms with Gasteiger partial charge < -0.3 is 14.7 Å². The van der Waals surface area contributed by atoms with Crippen LogP contribution in [0.25, 0.3) is 0 Å². The van der Waals surface area contributed by atoms with E-state index in [1.807, 2.05) is 19.0 Å². The molecule has 0 radical (unpaired) electrons. The first-order chi connectivity index (χ1) is 9.49. The minimum atomic E-state index is 0.743. The van der Waals surface area contributed by atoms with E-state index in [1.54, 1.807) is 0 Å². The zero-order valence-electron chi connectivity index (χ0n) is 13.4. The van der Waals surface area contributed by atoms with Crippen molar-refractivity contribution in [1.82, 2.24) is 14.9 Å². The van der Waals surface area contributed by atoms with Crippen LogP contribution in [0.5, 0.6) is 0 Å². The predicted molar refractivity (Wildman–Crippen MR) is 84.6 cm³/mol. The van der Waals surface area contributed by atoms with Crippen molar-refractivity contribution in [3.05, 3.63) is 11.8 Å². The number of rotatable bonds is 5. The molecule has 1 fully saturated rings. The summed E-state index contributed by atoms with van der Waals surface area (Å²) in [6.07, 6.45) is 2.23. The summed E-state index contributed by atoms with van der Waals surface area (Å²) < 4.78 is 0. The van der Waals surface area contributed by atoms with Crippen LogP contribution in [-0.2, 0) is 6.42 Å². The molecule has 5 heteroatoms. The minimum Gasteiger partial charge on any atom is -0.359 e. The van der Waals surface area contributed by atoms with Crippen LogP contribution in [-0.4, -0.2) is 62.7 Å². The molecule has 0 amide bonds. The van der Waals surface area contributed by atoms with Crippen LogP contribution in [0, 0.1) is 5.92 Å². The first-order valence-corrected chi connectivity index (χ1v) is 7.44. The van der Waals surface area contributed by atoms with Gasteiger partial charge in [-0.25, -0.2) is 4.98 Å². The van der Waals surface area contributed by atoms with Gasteiger partial charge in [-0.2, -0.15) is 4.98 Å². The molecule has 0 spiro atoms. The lowest BCUT2D eigenvalue weighted by Gasteiger charge is -2.24. The molecule has 1 unspecified atom stereocenters. The zero-order chi connectivity index (χ0) is 14.7. The van der Waals surface area contributed by atoms with Gasteiger partial charge in [0.2, 0.25) is 5.95 Å². The lowest BCUT2D eigenvalue weighted by molar-refractivity contribution is 0.395. The van der Waals surface area contributed by atoms with E-state index < -0.39 is 0 Å². The molecule has 1 aliphatic heterocycles. The van der Waals surface area contributed by atoms with E-state index in [1.165, 1.54) is 19.5 Å². The molecule has 0 bridgehead atoms. The molecule has 2 rings (SSSR count). The van der Waals surface area contributed by atoms with Crippen LogP contribution in [0.15, 0.2) is 6.07 Å². The Morgan fingerprint density at radius 3 is 2.60 bits per heavy atom. The molecule has 1 aromatic heterocycles. The molecular formula is C15H27N5. The average molecular weight is 277 g/mol. The summed E-state index contributed by atoms with van der Waals surface area (Å²) in [5.41, 5.74) is 1.11. The van der Waals surface area contributed by atoms with Crippen molar-refractivity contribution in [3.63, 3.8) is 0 Å². The third kappa shape index (κ3) is 3.60. The van der Waals surface area contributed by atoms with Gasteiger partial charge in [-0.3, -0.25) is 0 Å². The highest BCUT2D eigenvalue weighted by atomic mass is 15.3. The van der Waals surface area contributed by atoms with Crippen LogP contribution < -0.4 is 9.80 Å². The van der Waals surface area contributed by atoms with E-state index >= 15 is 0 Å². The number of aromatic nitrogens is 2. The first kappa shape index (κ1) is 15.0. The Labute approximate surface area is 122 Å². The van der Waals surface area contributed by atoms with E-state index in [-0.39, 0.29) is 0 Å². The average Bonchev–Trinajstić information content (AvgIpc) is 2.83. The zero-order valence-corrected chi connectivity index (χ0v) is 13.4. The summed E-state index contributed by atoms with van der Waals surface area (Å²) in [7, 11) is 8.32. The van der Waals surface area contributed by atoms with Crippen molar-refractivity contribution < 1.29 is 0 Å². The Bertz CT molecular complexity index is 446. The van der Waals surface area contributed by atoms with E-state index in [4.69, 9.17) is 0 Å². The quantitative estimate of drug-likeness (QED) is 0.815. The highest BCUT2D eigenvalue weighted by molar-refractivity contribution is 5.45. The maximum Gasteiger partial charge on any atom is 0.227 e. The van der Waals surface area contributed by atoms with Gasteiger partial charge in [0.05, 0.1) is 0 Å². The van der Waals surface area contributed by atoms with Gasteiger partial charge in [-0.05, 0) is 32.4 Å². The highest BCUT2D eigenvalue weighted by Crippen LogP contribution is 2.20. The van der Waals surface area contributed by atoms with Crippen molar-refractivity contribution in [3.8, 4) is 0 Å². The molecule has 1 aromatic rings. The standard InChI is InChI=1S/C15H27N5/c1-6-13-9-14(17-15(16-13)18(2)3)20(5)11-12-7-8-19(4)10-12/h9,12H,6-8,10-11H2,1-5H3. The predicted octanol–water partition coefficient (Wildman–Crippen LogP) is 1.49. The lowest BCUT2D eigenvalue weighted by Crippen LogP contribution is -2.28. The van der Waals surface area contributed by atoms with Crippen molar-refractivity contribution >= 4 is 11.8 Å². The summed E-state index contributed by atoms with van der Waals surface area (Å²) in [5.74, 6) is 2.58. The second-order valence-electron chi connectivity index (χ2n) is 6.06. The van der Waals surface area contributed by atoms with E-state index in [0.717, 1.165) is 36.3 Å². The van der Waals surface area contributed by atoms with Crippen LogP contribution >= 0.6 is 0 Å². The molecule has 0 aliphatic carbocycles. The molecule has 20 heavy (non-hydrogen) atoms. The number of hydrogen-bond donors (Lipinski definition) is 0. The molecule has 112 valence electrons. The number of aryl methyl sites for hydroxylation is 1. The molecule has 1 atom stereocenters. The molecule has 5 nitrogen and oxygen atoms in total. The van der Waals surface area contributed by atoms with E-state index in [2.05, 4.69) is 46.9 Å². The van der Waals surface area contributed by atoms with Crippen LogP contribution in [0.1, 0.15) is 19.0 Å². The van der Waals surface area contributed by atoms with Crippen LogP contribution in [0.3, 0.4) is 0 Å². The SMILES string of the molecule is CCc1cc(N(C)CC2CCN(C)C2)nc(N(C)C)n1. The monoisotopic (exact) mass is 277 g/mol. The Morgan fingerprint density at radius 1 is 1.30 bits per heavy atom. The molecule has 2 heterocycles. The van der Waals surface area contributed by atoms with Crippen molar-refractivity contribution in [2.75, 3.05) is 57.6 Å². The van der Waals surface area contributed by atoms with Crippen molar-refractivity contribution in [1.29, 1.82) is 0 Å². The number of anilines is 2. The summed E-state index contributed by atoms with van der Waals surface area (Å²) in [6.45, 7) is 5.61. The fourth-order valence-corrected chi connectivity index (χ4v) is 2.70. The molecule has 0 N–H and O–H groups in total. The lowest BCUT2D eigenvalue weighted by atomic mass is 10.1. The maximum absolute atomic E-state index is 4.67. The van der Waals surface area contributed by atoms with Crippen LogP contribution in [0.4, 0.5) is 11.8 Å². The Kier molecular flexibility index (Phi) is 4.81. The van der Waals surface area contributed by atoms with Crippen molar-refractivity contribution in [2.24, 2.45) is 5.92 Å². The second kappa shape index (κ2) is 6.39. The number of hydrogen-bond acceptors (Lipinski definition) is 5. The summed E-state index contributed by atoms with van der Waals surface area (Å²) in [6, 6.07) is 2.12. The van der Waals surface area contributed by atoms with E-state index in [0.29, 0.717) is 0 Å². The topological polar surface area (TPSA) is 35.5 Å². The maximum atomic E-state index is 4.67. The van der Waals surface area contributed by atoms with Gasteiger partial charge >= 0.3 is 0 Å². The largest absolute Gasteiger partial charge is 0.359 e. The Morgan fingerprint density at radius 2 is 2.05 bits per heavy atom. The van der Waals surface area contributed by atoms with Gasteiger partial charge in [-0.1, -0.05) is 6.92 Å². The molecule has 0 saturated carbocycles. The summed E-state index contributed by atoms with van der Waals surface area (Å²) in [5, 5.41) is 0. The number of likely N-dealkylation sites (tertiary alicyclic amines) is 1. The minimum absolute atomic E-state index is 0.743. The third-order valence-electron chi connectivity index (χ3n) is 3.93.